The largest absolute Gasteiger partial charge is 0.492 e. The molecule has 1 saturated carbocycles. The van der Waals surface area contributed by atoms with Crippen LogP contribution in [0.5, 0.6) is 5.75 Å². The maximum absolute atomic E-state index is 15.6. The summed E-state index contributed by atoms with van der Waals surface area (Å²) in [5, 5.41) is 20.6. The topological polar surface area (TPSA) is 134 Å². The lowest BCUT2D eigenvalue weighted by Crippen LogP contribution is -2.36. The van der Waals surface area contributed by atoms with Crippen molar-refractivity contribution in [2.75, 3.05) is 30.8 Å². The molecule has 3 aliphatic rings. The number of hydrogen-bond donors (Lipinski definition) is 4. The minimum Gasteiger partial charge on any atom is -0.492 e. The Bertz CT molecular complexity index is 1200. The quantitative estimate of drug-likeness (QED) is 0.410. The van der Waals surface area contributed by atoms with E-state index in [9.17, 15) is 19.8 Å². The molecule has 1 saturated heterocycles. The highest BCUT2D eigenvalue weighted by molar-refractivity contribution is 5.99. The first-order chi connectivity index (χ1) is 14.8. The number of aliphatic hydroxyl groups is 2. The van der Waals surface area contributed by atoms with Crippen LogP contribution in [0.3, 0.4) is 0 Å². The molecule has 2 fully saturated rings. The number of ether oxygens (including phenoxy) is 1. The molecule has 0 amide bonds. The van der Waals surface area contributed by atoms with E-state index in [1.54, 1.807) is 4.90 Å². The molecule has 2 heterocycles. The number of benzene rings is 1. The molecule has 0 bridgehead atoms. The van der Waals surface area contributed by atoms with E-state index in [2.05, 4.69) is 4.98 Å². The first-order valence-electron chi connectivity index (χ1n) is 10.4. The second-order valence-corrected chi connectivity index (χ2v) is 8.65. The SMILES string of the molecule is COc1c(N2CC3C=CCC(O)C(O)C3C2)c(F)c(N)c2c(=O)[nH]c(=O)n(C3CC3)c12. The lowest BCUT2D eigenvalue weighted by molar-refractivity contribution is -0.0135. The third-order valence-electron chi connectivity index (χ3n) is 6.73. The Morgan fingerprint density at radius 2 is 2.00 bits per heavy atom. The maximum atomic E-state index is 15.6. The Morgan fingerprint density at radius 1 is 1.26 bits per heavy atom. The number of rotatable bonds is 3. The average molecular weight is 432 g/mol. The van der Waals surface area contributed by atoms with Crippen LogP contribution >= 0.6 is 0 Å². The van der Waals surface area contributed by atoms with Crippen LogP contribution in [0.25, 0.3) is 10.9 Å². The summed E-state index contributed by atoms with van der Waals surface area (Å²) in [6, 6.07) is -0.108. The van der Waals surface area contributed by atoms with Crippen LogP contribution in [0, 0.1) is 17.7 Å². The number of methoxy groups -OCH3 is 1. The predicted octanol–water partition coefficient (Wildman–Crippen LogP) is 0.489. The first-order valence-corrected chi connectivity index (χ1v) is 10.4. The molecule has 5 rings (SSSR count). The molecule has 1 aromatic carbocycles. The number of nitrogen functional groups attached to an aromatic ring is 1. The van der Waals surface area contributed by atoms with Crippen LogP contribution < -0.4 is 26.6 Å². The number of nitrogens with two attached hydrogens (primary N) is 1. The minimum absolute atomic E-state index is 0.0649. The third kappa shape index (κ3) is 2.96. The second kappa shape index (κ2) is 7.10. The fourth-order valence-electron chi connectivity index (χ4n) is 5.05. The van der Waals surface area contributed by atoms with Crippen molar-refractivity contribution in [1.82, 2.24) is 9.55 Å². The zero-order chi connectivity index (χ0) is 22.0. The van der Waals surface area contributed by atoms with Crippen LogP contribution in [0.1, 0.15) is 25.3 Å². The standard InChI is InChI=1S/C21H25FN4O5/c1-31-19-16-13(20(29)24-21(30)26(16)10-5-6-10)15(23)14(22)17(19)25-7-9-3-2-4-12(27)18(28)11(9)8-25/h2-3,9-12,18,27-28H,4-8,23H2,1H3,(H,24,29,30). The van der Waals surface area contributed by atoms with E-state index in [0.29, 0.717) is 13.0 Å². The molecular weight excluding hydrogens is 407 g/mol. The molecule has 31 heavy (non-hydrogen) atoms. The summed E-state index contributed by atoms with van der Waals surface area (Å²) >= 11 is 0. The van der Waals surface area contributed by atoms with Crippen LogP contribution in [0.15, 0.2) is 21.7 Å². The highest BCUT2D eigenvalue weighted by atomic mass is 19.1. The van der Waals surface area contributed by atoms with Gasteiger partial charge in [0.25, 0.3) is 5.56 Å². The van der Waals surface area contributed by atoms with Gasteiger partial charge < -0.3 is 25.6 Å². The predicted molar refractivity (Wildman–Crippen MR) is 113 cm³/mol. The first kappa shape index (κ1) is 20.1. The second-order valence-electron chi connectivity index (χ2n) is 8.65. The number of halogens is 1. The van der Waals surface area contributed by atoms with E-state index in [1.807, 2.05) is 12.2 Å². The number of aromatic amines is 1. The minimum atomic E-state index is -0.954. The van der Waals surface area contributed by atoms with Gasteiger partial charge in [-0.05, 0) is 19.3 Å². The highest BCUT2D eigenvalue weighted by Gasteiger charge is 2.42. The summed E-state index contributed by atoms with van der Waals surface area (Å²) < 4.78 is 22.6. The Morgan fingerprint density at radius 3 is 2.68 bits per heavy atom. The molecule has 1 aromatic heterocycles. The van der Waals surface area contributed by atoms with Gasteiger partial charge in [0.15, 0.2) is 11.6 Å². The van der Waals surface area contributed by atoms with Crippen LogP contribution in [-0.2, 0) is 0 Å². The fraction of sp³-hybridized carbons (Fsp3) is 0.524. The monoisotopic (exact) mass is 432 g/mol. The molecular formula is C21H25FN4O5. The van der Waals surface area contributed by atoms with E-state index in [0.717, 1.165) is 12.8 Å². The van der Waals surface area contributed by atoms with Gasteiger partial charge in [0.2, 0.25) is 0 Å². The van der Waals surface area contributed by atoms with Crippen LogP contribution in [0.4, 0.5) is 15.8 Å². The number of H-pyrrole nitrogens is 1. The van der Waals surface area contributed by atoms with Crippen molar-refractivity contribution < 1.29 is 19.3 Å². The van der Waals surface area contributed by atoms with Crippen molar-refractivity contribution >= 4 is 22.3 Å². The summed E-state index contributed by atoms with van der Waals surface area (Å²) in [6.07, 6.45) is 3.81. The number of aromatic nitrogens is 2. The lowest BCUT2D eigenvalue weighted by Gasteiger charge is -2.26. The Balaban J connectivity index is 1.73. The number of aliphatic hydroxyl groups excluding tert-OH is 2. The van der Waals surface area contributed by atoms with Crippen molar-refractivity contribution in [3.63, 3.8) is 0 Å². The zero-order valence-electron chi connectivity index (χ0n) is 17.0. The van der Waals surface area contributed by atoms with Gasteiger partial charge >= 0.3 is 5.69 Å². The van der Waals surface area contributed by atoms with E-state index >= 15 is 4.39 Å². The van der Waals surface area contributed by atoms with Crippen molar-refractivity contribution in [2.24, 2.45) is 11.8 Å². The van der Waals surface area contributed by atoms with E-state index in [-0.39, 0.29) is 52.4 Å². The molecule has 10 heteroatoms. The van der Waals surface area contributed by atoms with Gasteiger partial charge in [-0.15, -0.1) is 0 Å². The number of nitrogens with one attached hydrogen (secondary N) is 1. The molecule has 4 unspecified atom stereocenters. The van der Waals surface area contributed by atoms with Gasteiger partial charge in [-0.25, -0.2) is 9.18 Å². The molecule has 1 aliphatic heterocycles. The summed E-state index contributed by atoms with van der Waals surface area (Å²) in [7, 11) is 1.36. The molecule has 2 aromatic rings. The van der Waals surface area contributed by atoms with Crippen molar-refractivity contribution in [1.29, 1.82) is 0 Å². The zero-order valence-corrected chi connectivity index (χ0v) is 17.0. The Kier molecular flexibility index (Phi) is 4.60. The smallest absolute Gasteiger partial charge is 0.329 e. The summed E-state index contributed by atoms with van der Waals surface area (Å²) in [5.41, 5.74) is 4.65. The van der Waals surface area contributed by atoms with Gasteiger partial charge in [-0.1, -0.05) is 12.2 Å². The van der Waals surface area contributed by atoms with Crippen LogP contribution in [-0.4, -0.2) is 52.2 Å². The maximum Gasteiger partial charge on any atom is 0.329 e. The third-order valence-corrected chi connectivity index (χ3v) is 6.73. The number of nitrogens with zero attached hydrogens (tertiary/aromatic N) is 2. The average Bonchev–Trinajstić information content (AvgIpc) is 3.49. The van der Waals surface area contributed by atoms with Gasteiger partial charge in [-0.3, -0.25) is 14.3 Å². The summed E-state index contributed by atoms with van der Waals surface area (Å²) in [6.45, 7) is 0.641. The van der Waals surface area contributed by atoms with Gasteiger partial charge in [0.1, 0.15) is 11.2 Å². The summed E-state index contributed by atoms with van der Waals surface area (Å²) in [5.74, 6) is -1.13. The van der Waals surface area contributed by atoms with Crippen molar-refractivity contribution in [3.8, 4) is 5.75 Å². The normalized spacial score (nSPS) is 28.1. The number of fused-ring (bicyclic) bond motifs is 2. The Labute approximate surface area is 176 Å². The number of hydrogen-bond acceptors (Lipinski definition) is 7. The Hall–Kier alpha value is -2.85. The molecule has 166 valence electrons. The highest BCUT2D eigenvalue weighted by Crippen LogP contribution is 2.47. The molecule has 0 spiro atoms. The number of anilines is 2. The molecule has 9 nitrogen and oxygen atoms in total. The van der Waals surface area contributed by atoms with Gasteiger partial charge in [-0.2, -0.15) is 0 Å². The van der Waals surface area contributed by atoms with Crippen molar-refractivity contribution in [3.05, 3.63) is 38.8 Å². The van der Waals surface area contributed by atoms with Gasteiger partial charge in [0.05, 0.1) is 30.4 Å². The van der Waals surface area contributed by atoms with E-state index in [1.165, 1.54) is 11.7 Å². The lowest BCUT2D eigenvalue weighted by atomic mass is 9.90. The van der Waals surface area contributed by atoms with E-state index < -0.39 is 29.3 Å². The van der Waals surface area contributed by atoms with Crippen molar-refractivity contribution in [2.45, 2.75) is 37.5 Å². The molecule has 0 radical (unpaired) electrons. The van der Waals surface area contributed by atoms with Crippen LogP contribution in [0.2, 0.25) is 0 Å². The molecule has 2 aliphatic carbocycles. The fourth-order valence-corrected chi connectivity index (χ4v) is 5.05. The summed E-state index contributed by atoms with van der Waals surface area (Å²) in [4.78, 5) is 29.1. The molecule has 4 atom stereocenters. The van der Waals surface area contributed by atoms with Gasteiger partial charge in [0, 0.05) is 31.0 Å². The van der Waals surface area contributed by atoms with E-state index in [4.69, 9.17) is 10.5 Å². The molecule has 5 N–H and O–H groups in total.